The average Bonchev–Trinajstić information content (AvgIpc) is 2.04. The van der Waals surface area contributed by atoms with Crippen LogP contribution in [0.5, 0.6) is 0 Å². The molecule has 0 fully saturated rings. The third-order valence-corrected chi connectivity index (χ3v) is 2.70. The van der Waals surface area contributed by atoms with E-state index in [1.54, 1.807) is 6.92 Å². The Morgan fingerprint density at radius 2 is 1.50 bits per heavy atom. The summed E-state index contributed by atoms with van der Waals surface area (Å²) in [5.41, 5.74) is 1.95. The van der Waals surface area contributed by atoms with Crippen LogP contribution in [0.25, 0.3) is 0 Å². The van der Waals surface area contributed by atoms with Crippen molar-refractivity contribution in [3.8, 4) is 0 Å². The van der Waals surface area contributed by atoms with Crippen molar-refractivity contribution < 1.29 is 4.79 Å². The second-order valence-electron chi connectivity index (χ2n) is 3.86. The highest BCUT2D eigenvalue weighted by Crippen LogP contribution is 2.32. The van der Waals surface area contributed by atoms with Gasteiger partial charge in [0.2, 0.25) is 0 Å². The number of hydrogen-bond acceptors (Lipinski definition) is 1. The molecule has 0 aliphatic carbocycles. The quantitative estimate of drug-likeness (QED) is 0.620. The number of hydrogen-bond donors (Lipinski definition) is 0. The third-order valence-electron chi connectivity index (χ3n) is 2.70. The molecule has 0 saturated heterocycles. The van der Waals surface area contributed by atoms with E-state index in [0.717, 1.165) is 5.57 Å². The van der Waals surface area contributed by atoms with Gasteiger partial charge in [-0.05, 0) is 47.1 Å². The Kier molecular flexibility index (Phi) is 6.46. The smallest absolute Gasteiger partial charge is 0.139 e. The molecule has 0 spiro atoms. The number of Topliss-reactive ketones (excluding diaryl/α,β-unsaturated/α-hetero) is 1. The summed E-state index contributed by atoms with van der Waals surface area (Å²) in [7, 11) is 0. The molecular weight excluding hydrogens is 172 g/mol. The van der Waals surface area contributed by atoms with E-state index < -0.39 is 0 Å². The molecule has 0 saturated carbocycles. The summed E-state index contributed by atoms with van der Waals surface area (Å²) < 4.78 is 0. The second kappa shape index (κ2) is 5.79. The van der Waals surface area contributed by atoms with Crippen molar-refractivity contribution in [3.63, 3.8) is 0 Å². The third kappa shape index (κ3) is 3.13. The monoisotopic (exact) mass is 196 g/mol. The minimum absolute atomic E-state index is 0. The summed E-state index contributed by atoms with van der Waals surface area (Å²) in [6, 6.07) is 0. The standard InChI is InChI=1S/C12H20O.CH4/c1-7-9(3)11(8-2)12(5,6)10(4)13;/h7-8H,1-6H3;1H4/b9-7-,11-8+;. The maximum atomic E-state index is 11.4. The van der Waals surface area contributed by atoms with Crippen LogP contribution in [-0.4, -0.2) is 5.78 Å². The first-order valence-electron chi connectivity index (χ1n) is 4.69. The van der Waals surface area contributed by atoms with Gasteiger partial charge in [0.25, 0.3) is 0 Å². The van der Waals surface area contributed by atoms with Gasteiger partial charge in [-0.1, -0.05) is 25.2 Å². The highest BCUT2D eigenvalue weighted by Gasteiger charge is 2.28. The van der Waals surface area contributed by atoms with Crippen molar-refractivity contribution in [1.82, 2.24) is 0 Å². The molecule has 0 aromatic heterocycles. The maximum Gasteiger partial charge on any atom is 0.139 e. The van der Waals surface area contributed by atoms with E-state index in [1.165, 1.54) is 5.57 Å². The van der Waals surface area contributed by atoms with E-state index in [2.05, 4.69) is 0 Å². The van der Waals surface area contributed by atoms with Crippen molar-refractivity contribution in [3.05, 3.63) is 23.3 Å². The number of carbonyl (C=O) groups is 1. The van der Waals surface area contributed by atoms with Crippen LogP contribution in [0.15, 0.2) is 23.3 Å². The fourth-order valence-electron chi connectivity index (χ4n) is 1.43. The normalized spacial score (nSPS) is 13.6. The number of rotatable bonds is 3. The zero-order valence-corrected chi connectivity index (χ0v) is 9.56. The van der Waals surface area contributed by atoms with Gasteiger partial charge in [-0.3, -0.25) is 4.79 Å². The van der Waals surface area contributed by atoms with Gasteiger partial charge in [0.1, 0.15) is 5.78 Å². The van der Waals surface area contributed by atoms with Gasteiger partial charge >= 0.3 is 0 Å². The van der Waals surface area contributed by atoms with Gasteiger partial charge in [-0.25, -0.2) is 0 Å². The summed E-state index contributed by atoms with van der Waals surface area (Å²) >= 11 is 0. The van der Waals surface area contributed by atoms with Crippen molar-refractivity contribution in [2.24, 2.45) is 5.41 Å². The van der Waals surface area contributed by atoms with Crippen LogP contribution in [-0.2, 0) is 4.79 Å². The van der Waals surface area contributed by atoms with Gasteiger partial charge < -0.3 is 0 Å². The molecular formula is C13H24O. The fraction of sp³-hybridized carbons (Fsp3) is 0.615. The molecule has 0 rings (SSSR count). The first-order valence-corrected chi connectivity index (χ1v) is 4.69. The number of carbonyl (C=O) groups excluding carboxylic acids is 1. The minimum Gasteiger partial charge on any atom is -0.299 e. The van der Waals surface area contributed by atoms with Crippen molar-refractivity contribution >= 4 is 5.78 Å². The highest BCUT2D eigenvalue weighted by molar-refractivity contribution is 5.85. The SMILES string of the molecule is C.C/C=C(C)\C(=C/C)C(C)(C)C(C)=O. The van der Waals surface area contributed by atoms with E-state index in [1.807, 2.05) is 46.8 Å². The van der Waals surface area contributed by atoms with Crippen molar-refractivity contribution in [2.75, 3.05) is 0 Å². The average molecular weight is 196 g/mol. The molecule has 0 aliphatic rings. The van der Waals surface area contributed by atoms with Gasteiger partial charge in [-0.15, -0.1) is 0 Å². The largest absolute Gasteiger partial charge is 0.299 e. The first kappa shape index (κ1) is 15.6. The van der Waals surface area contributed by atoms with E-state index >= 15 is 0 Å². The van der Waals surface area contributed by atoms with Crippen LogP contribution in [0.4, 0.5) is 0 Å². The zero-order chi connectivity index (χ0) is 10.6. The lowest BCUT2D eigenvalue weighted by Gasteiger charge is -2.25. The van der Waals surface area contributed by atoms with E-state index in [0.29, 0.717) is 0 Å². The van der Waals surface area contributed by atoms with Crippen molar-refractivity contribution in [2.45, 2.75) is 49.0 Å². The molecule has 0 N–H and O–H groups in total. The van der Waals surface area contributed by atoms with E-state index in [4.69, 9.17) is 0 Å². The second-order valence-corrected chi connectivity index (χ2v) is 3.86. The summed E-state index contributed by atoms with van der Waals surface area (Å²) in [5.74, 6) is 0.210. The lowest BCUT2D eigenvalue weighted by molar-refractivity contribution is -0.123. The van der Waals surface area contributed by atoms with Crippen LogP contribution in [0.1, 0.15) is 49.0 Å². The summed E-state index contributed by atoms with van der Waals surface area (Å²) in [6.45, 7) is 11.6. The molecule has 14 heavy (non-hydrogen) atoms. The molecule has 1 nitrogen and oxygen atoms in total. The van der Waals surface area contributed by atoms with Gasteiger partial charge in [0.05, 0.1) is 0 Å². The zero-order valence-electron chi connectivity index (χ0n) is 9.56. The molecule has 0 radical (unpaired) electrons. The predicted molar refractivity (Wildman–Crippen MR) is 64.4 cm³/mol. The maximum absolute atomic E-state index is 11.4. The Morgan fingerprint density at radius 1 is 1.07 bits per heavy atom. The molecule has 82 valence electrons. The molecule has 0 heterocycles. The molecule has 0 aromatic rings. The van der Waals surface area contributed by atoms with E-state index in [-0.39, 0.29) is 18.6 Å². The highest BCUT2D eigenvalue weighted by atomic mass is 16.1. The van der Waals surface area contributed by atoms with Crippen LogP contribution < -0.4 is 0 Å². The molecule has 0 unspecified atom stereocenters. The molecule has 1 heteroatoms. The molecule has 0 amide bonds. The fourth-order valence-corrected chi connectivity index (χ4v) is 1.43. The molecule has 0 aliphatic heterocycles. The van der Waals surface area contributed by atoms with Gasteiger partial charge in [-0.2, -0.15) is 0 Å². The van der Waals surface area contributed by atoms with Crippen LogP contribution in [0.2, 0.25) is 0 Å². The molecule has 0 atom stereocenters. The Labute approximate surface area is 88.9 Å². The predicted octanol–water partition coefficient (Wildman–Crippen LogP) is 4.15. The topological polar surface area (TPSA) is 17.1 Å². The Balaban J connectivity index is 0. The molecule has 0 bridgehead atoms. The first-order chi connectivity index (χ1) is 5.87. The Bertz CT molecular complexity index is 254. The van der Waals surface area contributed by atoms with E-state index in [9.17, 15) is 4.79 Å². The minimum atomic E-state index is -0.356. The Hall–Kier alpha value is -0.850. The van der Waals surface area contributed by atoms with Crippen LogP contribution >= 0.6 is 0 Å². The number of allylic oxidation sites excluding steroid dienone is 4. The molecule has 0 aromatic carbocycles. The number of ketones is 1. The summed E-state index contributed by atoms with van der Waals surface area (Å²) in [4.78, 5) is 11.4. The van der Waals surface area contributed by atoms with Gasteiger partial charge in [0, 0.05) is 5.41 Å². The van der Waals surface area contributed by atoms with Gasteiger partial charge in [0.15, 0.2) is 0 Å². The Morgan fingerprint density at radius 3 is 1.71 bits per heavy atom. The van der Waals surface area contributed by atoms with Crippen LogP contribution in [0, 0.1) is 5.41 Å². The van der Waals surface area contributed by atoms with Crippen LogP contribution in [0.3, 0.4) is 0 Å². The summed E-state index contributed by atoms with van der Waals surface area (Å²) in [5, 5.41) is 0. The summed E-state index contributed by atoms with van der Waals surface area (Å²) in [6.07, 6.45) is 4.07. The lowest BCUT2D eigenvalue weighted by Crippen LogP contribution is -2.24. The van der Waals surface area contributed by atoms with Crippen molar-refractivity contribution in [1.29, 1.82) is 0 Å². The lowest BCUT2D eigenvalue weighted by atomic mass is 9.77.